The molecule has 0 radical (unpaired) electrons. The third-order valence-electron chi connectivity index (χ3n) is 4.47. The fourth-order valence-electron chi connectivity index (χ4n) is 3.25. The number of nitrogen functional groups attached to an aromatic ring is 1. The van der Waals surface area contributed by atoms with Gasteiger partial charge in [-0.05, 0) is 37.8 Å². The van der Waals surface area contributed by atoms with Crippen LogP contribution < -0.4 is 20.5 Å². The quantitative estimate of drug-likeness (QED) is 0.878. The molecule has 1 aromatic heterocycles. The molecule has 1 aliphatic carbocycles. The summed E-state index contributed by atoms with van der Waals surface area (Å²) >= 11 is 0. The fraction of sp³-hybridized carbons (Fsp3) is 0.389. The van der Waals surface area contributed by atoms with Crippen LogP contribution in [-0.4, -0.2) is 35.1 Å². The van der Waals surface area contributed by atoms with Crippen molar-refractivity contribution >= 4 is 11.9 Å². The van der Waals surface area contributed by atoms with Gasteiger partial charge in [-0.15, -0.1) is 0 Å². The Bertz CT molecular complexity index is 809. The van der Waals surface area contributed by atoms with Crippen LogP contribution in [0.3, 0.4) is 0 Å². The summed E-state index contributed by atoms with van der Waals surface area (Å²) in [5.74, 6) is 1.33. The smallest absolute Gasteiger partial charge is 0.270 e. The summed E-state index contributed by atoms with van der Waals surface area (Å²) in [5.41, 5.74) is 7.97. The standard InChI is InChI=1S/C18H20N4O3/c19-18-21-13-6-2-1-5-12(13)16(22-18)17(23)20-9-11-10-24-14-7-3-4-8-15(14)25-11/h3-4,7-8,11H,1-2,5-6,9-10H2,(H,20,23)(H2,19,21,22)/t11-/m0/s1. The van der Waals surface area contributed by atoms with Crippen LogP contribution in [0.25, 0.3) is 0 Å². The highest BCUT2D eigenvalue weighted by Crippen LogP contribution is 2.30. The van der Waals surface area contributed by atoms with Gasteiger partial charge >= 0.3 is 0 Å². The number of nitrogens with one attached hydrogen (secondary N) is 1. The SMILES string of the molecule is Nc1nc2c(c(C(=O)NC[C@H]3COc4ccccc4O3)n1)CCCC2. The number of benzene rings is 1. The van der Waals surface area contributed by atoms with Crippen molar-refractivity contribution < 1.29 is 14.3 Å². The van der Waals surface area contributed by atoms with E-state index in [1.54, 1.807) is 0 Å². The third kappa shape index (κ3) is 3.22. The first-order chi connectivity index (χ1) is 12.2. The van der Waals surface area contributed by atoms with E-state index in [1.807, 2.05) is 24.3 Å². The van der Waals surface area contributed by atoms with E-state index in [2.05, 4.69) is 15.3 Å². The predicted molar refractivity (Wildman–Crippen MR) is 91.8 cm³/mol. The zero-order chi connectivity index (χ0) is 17.2. The monoisotopic (exact) mass is 340 g/mol. The molecular weight excluding hydrogens is 320 g/mol. The highest BCUT2D eigenvalue weighted by molar-refractivity contribution is 5.94. The van der Waals surface area contributed by atoms with Crippen molar-refractivity contribution in [3.05, 3.63) is 41.2 Å². The zero-order valence-electron chi connectivity index (χ0n) is 13.8. The molecule has 0 fully saturated rings. The minimum Gasteiger partial charge on any atom is -0.486 e. The van der Waals surface area contributed by atoms with Crippen LogP contribution in [0.1, 0.15) is 34.6 Å². The number of aryl methyl sites for hydroxylation is 1. The van der Waals surface area contributed by atoms with E-state index in [4.69, 9.17) is 15.2 Å². The van der Waals surface area contributed by atoms with Crippen molar-refractivity contribution in [2.24, 2.45) is 0 Å². The van der Waals surface area contributed by atoms with Gasteiger partial charge in [-0.1, -0.05) is 12.1 Å². The number of anilines is 1. The van der Waals surface area contributed by atoms with Gasteiger partial charge in [-0.2, -0.15) is 0 Å². The van der Waals surface area contributed by atoms with Crippen LogP contribution >= 0.6 is 0 Å². The number of carbonyl (C=O) groups excluding carboxylic acids is 1. The van der Waals surface area contributed by atoms with Gasteiger partial charge in [0.1, 0.15) is 18.4 Å². The highest BCUT2D eigenvalue weighted by atomic mass is 16.6. The van der Waals surface area contributed by atoms with Crippen LogP contribution in [-0.2, 0) is 12.8 Å². The van der Waals surface area contributed by atoms with Gasteiger partial charge in [-0.25, -0.2) is 9.97 Å². The van der Waals surface area contributed by atoms with E-state index in [9.17, 15) is 4.79 Å². The number of hydrogen-bond acceptors (Lipinski definition) is 6. The second-order valence-electron chi connectivity index (χ2n) is 6.27. The first-order valence-corrected chi connectivity index (χ1v) is 8.52. The molecule has 0 bridgehead atoms. The first-order valence-electron chi connectivity index (χ1n) is 8.52. The highest BCUT2D eigenvalue weighted by Gasteiger charge is 2.24. The molecule has 1 amide bonds. The maximum absolute atomic E-state index is 12.6. The number of nitrogens with zero attached hydrogens (tertiary/aromatic N) is 2. The Morgan fingerprint density at radius 1 is 1.20 bits per heavy atom. The summed E-state index contributed by atoms with van der Waals surface area (Å²) in [6.45, 7) is 0.729. The van der Waals surface area contributed by atoms with Gasteiger partial charge in [0.2, 0.25) is 5.95 Å². The summed E-state index contributed by atoms with van der Waals surface area (Å²) in [7, 11) is 0. The molecular formula is C18H20N4O3. The van der Waals surface area contributed by atoms with Crippen molar-refractivity contribution in [1.29, 1.82) is 0 Å². The lowest BCUT2D eigenvalue weighted by Crippen LogP contribution is -2.41. The summed E-state index contributed by atoms with van der Waals surface area (Å²) in [6.07, 6.45) is 3.52. The molecule has 7 nitrogen and oxygen atoms in total. The molecule has 2 heterocycles. The van der Waals surface area contributed by atoms with Crippen molar-refractivity contribution in [2.75, 3.05) is 18.9 Å². The first kappa shape index (κ1) is 15.7. The molecule has 2 aromatic rings. The zero-order valence-corrected chi connectivity index (χ0v) is 13.8. The molecule has 7 heteroatoms. The van der Waals surface area contributed by atoms with E-state index in [1.165, 1.54) is 0 Å². The average Bonchev–Trinajstić information content (AvgIpc) is 2.65. The number of amides is 1. The number of rotatable bonds is 3. The van der Waals surface area contributed by atoms with Gasteiger partial charge in [0.05, 0.1) is 6.54 Å². The van der Waals surface area contributed by atoms with Gasteiger partial charge in [0, 0.05) is 11.3 Å². The Labute approximate surface area is 145 Å². The van der Waals surface area contributed by atoms with Crippen LogP contribution in [0.15, 0.2) is 24.3 Å². The topological polar surface area (TPSA) is 99.4 Å². The van der Waals surface area contributed by atoms with Gasteiger partial charge in [0.15, 0.2) is 11.5 Å². The normalized spacial score (nSPS) is 18.3. The third-order valence-corrected chi connectivity index (χ3v) is 4.47. The lowest BCUT2D eigenvalue weighted by molar-refractivity contribution is 0.0785. The van der Waals surface area contributed by atoms with Crippen LogP contribution in [0.4, 0.5) is 5.95 Å². The van der Waals surface area contributed by atoms with E-state index in [-0.39, 0.29) is 18.0 Å². The maximum atomic E-state index is 12.6. The van der Waals surface area contributed by atoms with E-state index >= 15 is 0 Å². The molecule has 3 N–H and O–H groups in total. The van der Waals surface area contributed by atoms with E-state index in [0.717, 1.165) is 42.7 Å². The molecule has 1 atom stereocenters. The summed E-state index contributed by atoms with van der Waals surface area (Å²) in [4.78, 5) is 21.0. The van der Waals surface area contributed by atoms with Gasteiger partial charge in [-0.3, -0.25) is 4.79 Å². The summed E-state index contributed by atoms with van der Waals surface area (Å²) in [6, 6.07) is 7.50. The average molecular weight is 340 g/mol. The number of ether oxygens (including phenoxy) is 2. The van der Waals surface area contributed by atoms with E-state index in [0.29, 0.717) is 24.6 Å². The Morgan fingerprint density at radius 3 is 2.88 bits per heavy atom. The minimum absolute atomic E-state index is 0.150. The molecule has 25 heavy (non-hydrogen) atoms. The molecule has 1 aromatic carbocycles. The summed E-state index contributed by atoms with van der Waals surface area (Å²) < 4.78 is 11.5. The number of carbonyl (C=O) groups is 1. The lowest BCUT2D eigenvalue weighted by atomic mass is 9.94. The number of nitrogens with two attached hydrogens (primary N) is 1. The number of para-hydroxylation sites is 2. The second kappa shape index (κ2) is 6.58. The Morgan fingerprint density at radius 2 is 2.00 bits per heavy atom. The molecule has 4 rings (SSSR count). The molecule has 0 saturated carbocycles. The van der Waals surface area contributed by atoms with Gasteiger partial charge < -0.3 is 20.5 Å². The Kier molecular flexibility index (Phi) is 4.13. The molecule has 2 aliphatic rings. The summed E-state index contributed by atoms with van der Waals surface area (Å²) in [5, 5.41) is 2.89. The maximum Gasteiger partial charge on any atom is 0.270 e. The fourth-order valence-corrected chi connectivity index (χ4v) is 3.25. The molecule has 1 aliphatic heterocycles. The van der Waals surface area contributed by atoms with E-state index < -0.39 is 0 Å². The van der Waals surface area contributed by atoms with Crippen LogP contribution in [0.2, 0.25) is 0 Å². The van der Waals surface area contributed by atoms with Gasteiger partial charge in [0.25, 0.3) is 5.91 Å². The Hall–Kier alpha value is -2.83. The number of hydrogen-bond donors (Lipinski definition) is 2. The minimum atomic E-state index is -0.242. The van der Waals surface area contributed by atoms with Crippen molar-refractivity contribution in [3.63, 3.8) is 0 Å². The Balaban J connectivity index is 1.44. The number of aromatic nitrogens is 2. The van der Waals surface area contributed by atoms with Crippen molar-refractivity contribution in [3.8, 4) is 11.5 Å². The van der Waals surface area contributed by atoms with Crippen molar-refractivity contribution in [1.82, 2.24) is 15.3 Å². The largest absolute Gasteiger partial charge is 0.486 e. The second-order valence-corrected chi connectivity index (χ2v) is 6.27. The lowest BCUT2D eigenvalue weighted by Gasteiger charge is -2.26. The van der Waals surface area contributed by atoms with Crippen molar-refractivity contribution in [2.45, 2.75) is 31.8 Å². The molecule has 0 saturated heterocycles. The predicted octanol–water partition coefficient (Wildman–Crippen LogP) is 1.51. The molecule has 0 unspecified atom stereocenters. The molecule has 130 valence electrons. The van der Waals surface area contributed by atoms with Crippen LogP contribution in [0.5, 0.6) is 11.5 Å². The molecule has 0 spiro atoms. The number of fused-ring (bicyclic) bond motifs is 2. The van der Waals surface area contributed by atoms with Crippen LogP contribution in [0, 0.1) is 0 Å².